The number of hydrogen-bond acceptors (Lipinski definition) is 6. The van der Waals surface area contributed by atoms with Crippen LogP contribution in [0.1, 0.15) is 26.7 Å². The van der Waals surface area contributed by atoms with Gasteiger partial charge in [0.2, 0.25) is 5.91 Å². The molecular weight excluding hydrogens is 382 g/mol. The predicted molar refractivity (Wildman–Crippen MR) is 121 cm³/mol. The van der Waals surface area contributed by atoms with Gasteiger partial charge >= 0.3 is 0 Å². The smallest absolute Gasteiger partial charge is 0.239 e. The summed E-state index contributed by atoms with van der Waals surface area (Å²) in [5, 5.41) is 7.09. The lowest BCUT2D eigenvalue weighted by molar-refractivity contribution is -0.119. The second-order valence-electron chi connectivity index (χ2n) is 6.86. The van der Waals surface area contributed by atoms with Crippen molar-refractivity contribution in [1.82, 2.24) is 20.2 Å². The van der Waals surface area contributed by atoms with Crippen molar-refractivity contribution in [3.63, 3.8) is 0 Å². The molecule has 2 heterocycles. The number of anilines is 1. The minimum atomic E-state index is -0.0156. The average Bonchev–Trinajstić information content (AvgIpc) is 3.20. The molecule has 1 amide bonds. The lowest BCUT2D eigenvalue weighted by atomic mass is 10.2. The Morgan fingerprint density at radius 3 is 2.66 bits per heavy atom. The van der Waals surface area contributed by atoms with Crippen molar-refractivity contribution >= 4 is 33.3 Å². The normalized spacial score (nSPS) is 11.1. The first-order valence-electron chi connectivity index (χ1n) is 10.2. The number of carbonyl (C=O) groups excluding carboxylic acids is 1. The van der Waals surface area contributed by atoms with Crippen LogP contribution < -0.4 is 10.6 Å². The number of amides is 1. The van der Waals surface area contributed by atoms with E-state index in [1.54, 1.807) is 17.7 Å². The zero-order valence-electron chi connectivity index (χ0n) is 17.1. The molecule has 154 valence electrons. The van der Waals surface area contributed by atoms with Gasteiger partial charge in [-0.15, -0.1) is 11.3 Å². The van der Waals surface area contributed by atoms with Gasteiger partial charge in [0.25, 0.3) is 0 Å². The lowest BCUT2D eigenvalue weighted by Gasteiger charge is -2.17. The molecule has 0 aliphatic rings. The van der Waals surface area contributed by atoms with E-state index in [9.17, 15) is 4.79 Å². The highest BCUT2D eigenvalue weighted by molar-refractivity contribution is 7.21. The first-order valence-corrected chi connectivity index (χ1v) is 11.1. The zero-order chi connectivity index (χ0) is 20.5. The molecule has 1 aromatic carbocycles. The van der Waals surface area contributed by atoms with Crippen LogP contribution in [0.3, 0.4) is 0 Å². The van der Waals surface area contributed by atoms with Crippen molar-refractivity contribution in [2.75, 3.05) is 38.0 Å². The van der Waals surface area contributed by atoms with Gasteiger partial charge in [0.15, 0.2) is 0 Å². The molecule has 0 bridgehead atoms. The Hall–Kier alpha value is -2.51. The van der Waals surface area contributed by atoms with Gasteiger partial charge in [-0.3, -0.25) is 4.79 Å². The van der Waals surface area contributed by atoms with E-state index in [1.807, 2.05) is 18.2 Å². The lowest BCUT2D eigenvalue weighted by Crippen LogP contribution is -2.31. The Balaban J connectivity index is 1.50. The van der Waals surface area contributed by atoms with Crippen LogP contribution in [0.15, 0.2) is 42.7 Å². The summed E-state index contributed by atoms with van der Waals surface area (Å²) in [6, 6.07) is 12.3. The number of unbranched alkanes of at least 4 members (excludes halogenated alkanes) is 1. The fraction of sp³-hybridized carbons (Fsp3) is 0.409. The summed E-state index contributed by atoms with van der Waals surface area (Å²) >= 11 is 1.63. The van der Waals surface area contributed by atoms with Gasteiger partial charge in [0, 0.05) is 11.4 Å². The highest BCUT2D eigenvalue weighted by Gasteiger charge is 2.11. The molecular formula is C22H29N5OS. The molecule has 0 spiro atoms. The summed E-state index contributed by atoms with van der Waals surface area (Å²) in [5.74, 6) is 0.684. The Morgan fingerprint density at radius 1 is 1.10 bits per heavy atom. The van der Waals surface area contributed by atoms with E-state index in [4.69, 9.17) is 0 Å². The van der Waals surface area contributed by atoms with Crippen LogP contribution in [0.5, 0.6) is 0 Å². The molecule has 0 aliphatic heterocycles. The first-order chi connectivity index (χ1) is 14.2. The van der Waals surface area contributed by atoms with E-state index in [0.29, 0.717) is 12.4 Å². The van der Waals surface area contributed by atoms with Gasteiger partial charge < -0.3 is 15.5 Å². The highest BCUT2D eigenvalue weighted by atomic mass is 32.1. The Morgan fingerprint density at radius 2 is 1.90 bits per heavy atom. The summed E-state index contributed by atoms with van der Waals surface area (Å²) < 4.78 is 0. The topological polar surface area (TPSA) is 70.2 Å². The van der Waals surface area contributed by atoms with E-state index in [0.717, 1.165) is 53.1 Å². The standard InChI is InChI=1S/C22H29N5OS/c1-3-27(4-2)13-9-8-12-23-20(28)15-24-21-18-14-19(17-10-6-5-7-11-17)29-22(18)26-16-25-21/h5-7,10-11,14,16H,3-4,8-9,12-13,15H2,1-2H3,(H,23,28)(H,24,25,26). The first kappa shape index (κ1) is 21.2. The quantitative estimate of drug-likeness (QED) is 0.467. The number of fused-ring (bicyclic) bond motifs is 1. The van der Waals surface area contributed by atoms with Crippen LogP contribution in [0.2, 0.25) is 0 Å². The minimum Gasteiger partial charge on any atom is -0.360 e. The van der Waals surface area contributed by atoms with Crippen LogP contribution in [-0.2, 0) is 4.79 Å². The summed E-state index contributed by atoms with van der Waals surface area (Å²) in [5.41, 5.74) is 1.16. The number of hydrogen-bond donors (Lipinski definition) is 2. The predicted octanol–water partition coefficient (Wildman–Crippen LogP) is 4.01. The number of thiophene rings is 1. The number of nitrogens with one attached hydrogen (secondary N) is 2. The van der Waals surface area contributed by atoms with Crippen LogP contribution >= 0.6 is 11.3 Å². The van der Waals surface area contributed by atoms with Gasteiger partial charge in [-0.05, 0) is 44.1 Å². The summed E-state index contributed by atoms with van der Waals surface area (Å²) in [6.07, 6.45) is 3.63. The maximum Gasteiger partial charge on any atom is 0.239 e. The van der Waals surface area contributed by atoms with Crippen LogP contribution in [-0.4, -0.2) is 53.5 Å². The third kappa shape index (κ3) is 5.98. The van der Waals surface area contributed by atoms with Crippen LogP contribution in [0.25, 0.3) is 20.7 Å². The Bertz CT molecular complexity index is 908. The molecule has 2 aromatic heterocycles. The maximum absolute atomic E-state index is 12.2. The fourth-order valence-electron chi connectivity index (χ4n) is 3.20. The molecule has 0 atom stereocenters. The van der Waals surface area contributed by atoms with Crippen molar-refractivity contribution < 1.29 is 4.79 Å². The Kier molecular flexibility index (Phi) is 7.95. The molecule has 0 aliphatic carbocycles. The second kappa shape index (κ2) is 10.9. The second-order valence-corrected chi connectivity index (χ2v) is 7.89. The minimum absolute atomic E-state index is 0.0156. The number of carbonyl (C=O) groups is 1. The third-order valence-corrected chi connectivity index (χ3v) is 6.01. The SMILES string of the molecule is CCN(CC)CCCCNC(=O)CNc1ncnc2sc(-c3ccccc3)cc12. The molecule has 7 heteroatoms. The van der Waals surface area contributed by atoms with Gasteiger partial charge in [-0.2, -0.15) is 0 Å². The molecule has 0 saturated heterocycles. The van der Waals surface area contributed by atoms with Crippen molar-refractivity contribution in [2.24, 2.45) is 0 Å². The van der Waals surface area contributed by atoms with Gasteiger partial charge in [-0.1, -0.05) is 44.2 Å². The molecule has 0 unspecified atom stereocenters. The van der Waals surface area contributed by atoms with Crippen LogP contribution in [0, 0.1) is 0 Å². The molecule has 0 fully saturated rings. The molecule has 0 radical (unpaired) electrons. The summed E-state index contributed by atoms with van der Waals surface area (Å²) in [6.45, 7) is 8.51. The van der Waals surface area contributed by atoms with E-state index in [-0.39, 0.29) is 12.5 Å². The third-order valence-electron chi connectivity index (χ3n) is 4.92. The molecule has 0 saturated carbocycles. The number of nitrogens with zero attached hydrogens (tertiary/aromatic N) is 3. The number of rotatable bonds is 11. The number of benzene rings is 1. The monoisotopic (exact) mass is 411 g/mol. The molecule has 3 rings (SSSR count). The van der Waals surface area contributed by atoms with Crippen molar-refractivity contribution in [2.45, 2.75) is 26.7 Å². The van der Waals surface area contributed by atoms with Gasteiger partial charge in [-0.25, -0.2) is 9.97 Å². The summed E-state index contributed by atoms with van der Waals surface area (Å²) in [4.78, 5) is 25.3. The largest absolute Gasteiger partial charge is 0.360 e. The Labute approximate surface area is 176 Å². The van der Waals surface area contributed by atoms with Crippen LogP contribution in [0.4, 0.5) is 5.82 Å². The van der Waals surface area contributed by atoms with E-state index < -0.39 is 0 Å². The van der Waals surface area contributed by atoms with E-state index in [2.05, 4.69) is 57.5 Å². The zero-order valence-corrected chi connectivity index (χ0v) is 18.0. The van der Waals surface area contributed by atoms with Gasteiger partial charge in [0.1, 0.15) is 17.0 Å². The van der Waals surface area contributed by atoms with E-state index in [1.165, 1.54) is 0 Å². The van der Waals surface area contributed by atoms with Gasteiger partial charge in [0.05, 0.1) is 11.9 Å². The summed E-state index contributed by atoms with van der Waals surface area (Å²) in [7, 11) is 0. The van der Waals surface area contributed by atoms with Crippen molar-refractivity contribution in [3.8, 4) is 10.4 Å². The molecule has 3 aromatic rings. The molecule has 29 heavy (non-hydrogen) atoms. The van der Waals surface area contributed by atoms with Crippen molar-refractivity contribution in [1.29, 1.82) is 0 Å². The van der Waals surface area contributed by atoms with Crippen molar-refractivity contribution in [3.05, 3.63) is 42.7 Å². The highest BCUT2D eigenvalue weighted by Crippen LogP contribution is 2.34. The molecule has 2 N–H and O–H groups in total. The number of aromatic nitrogens is 2. The fourth-order valence-corrected chi connectivity index (χ4v) is 4.20. The van der Waals surface area contributed by atoms with E-state index >= 15 is 0 Å². The maximum atomic E-state index is 12.2. The molecule has 6 nitrogen and oxygen atoms in total. The average molecular weight is 412 g/mol.